The van der Waals surface area contributed by atoms with Crippen molar-refractivity contribution in [2.24, 2.45) is 5.92 Å². The van der Waals surface area contributed by atoms with Crippen LogP contribution in [-0.2, 0) is 31.8 Å². The first-order valence-electron chi connectivity index (χ1n) is 13.1. The first-order chi connectivity index (χ1) is 20.5. The molecule has 1 aliphatic carbocycles. The van der Waals surface area contributed by atoms with Gasteiger partial charge in [-0.3, -0.25) is 9.69 Å². The fourth-order valence-corrected chi connectivity index (χ4v) is 4.76. The van der Waals surface area contributed by atoms with Gasteiger partial charge in [0.15, 0.2) is 0 Å². The number of carbonyl (C=O) groups is 3. The van der Waals surface area contributed by atoms with Crippen molar-refractivity contribution in [3.8, 4) is 6.07 Å². The van der Waals surface area contributed by atoms with E-state index in [-0.39, 0.29) is 43.2 Å². The number of nitrogens with zero attached hydrogens (tertiary/aromatic N) is 3. The van der Waals surface area contributed by atoms with E-state index >= 15 is 0 Å². The third-order valence-electron chi connectivity index (χ3n) is 6.77. The summed E-state index contributed by atoms with van der Waals surface area (Å²) in [6.45, 7) is 0.528. The van der Waals surface area contributed by atoms with Crippen LogP contribution in [0.25, 0.3) is 0 Å². The molecule has 43 heavy (non-hydrogen) atoms. The number of carbonyl (C=O) groups excluding carboxylic acids is 2. The maximum atomic E-state index is 13.8. The van der Waals surface area contributed by atoms with E-state index < -0.39 is 48.2 Å². The van der Waals surface area contributed by atoms with Crippen LogP contribution in [0, 0.1) is 29.4 Å². The fourth-order valence-electron chi connectivity index (χ4n) is 4.76. The topological polar surface area (TPSA) is 120 Å². The normalized spacial score (nSPS) is 18.6. The van der Waals surface area contributed by atoms with Crippen LogP contribution in [0.2, 0.25) is 0 Å². The Morgan fingerprint density at radius 3 is 2.63 bits per heavy atom. The molecule has 2 unspecified atom stereocenters. The summed E-state index contributed by atoms with van der Waals surface area (Å²) in [6, 6.07) is 14.5. The Morgan fingerprint density at radius 1 is 1.21 bits per heavy atom. The van der Waals surface area contributed by atoms with E-state index in [9.17, 15) is 37.9 Å². The smallest absolute Gasteiger partial charge is 0.416 e. The predicted molar refractivity (Wildman–Crippen MR) is 146 cm³/mol. The molecular formula is C31H26F3N3O6. The number of anilines is 1. The number of nitriles is 1. The number of carboxylic acids is 1. The zero-order chi connectivity index (χ0) is 31.1. The second-order valence-electron chi connectivity index (χ2n) is 9.65. The molecule has 2 aliphatic rings. The summed E-state index contributed by atoms with van der Waals surface area (Å²) < 4.78 is 51.6. The molecule has 0 saturated carbocycles. The largest absolute Gasteiger partial charge is 0.480 e. The first-order valence-corrected chi connectivity index (χ1v) is 13.1. The van der Waals surface area contributed by atoms with Gasteiger partial charge in [-0.15, -0.1) is 0 Å². The Labute approximate surface area is 245 Å². The van der Waals surface area contributed by atoms with Crippen molar-refractivity contribution >= 4 is 23.7 Å². The lowest BCUT2D eigenvalue weighted by Gasteiger charge is -2.43. The molecule has 1 heterocycles. The Hall–Kier alpha value is -5.07. The number of rotatable bonds is 10. The molecule has 0 spiro atoms. The van der Waals surface area contributed by atoms with Crippen LogP contribution in [0.5, 0.6) is 0 Å². The van der Waals surface area contributed by atoms with Gasteiger partial charge >= 0.3 is 24.1 Å². The summed E-state index contributed by atoms with van der Waals surface area (Å²) in [5.74, 6) is -2.78. The Bertz CT molecular complexity index is 1510. The molecule has 0 saturated heterocycles. The van der Waals surface area contributed by atoms with Gasteiger partial charge < -0.3 is 19.5 Å². The van der Waals surface area contributed by atoms with Crippen molar-refractivity contribution in [3.05, 3.63) is 101 Å². The van der Waals surface area contributed by atoms with Gasteiger partial charge in [0.2, 0.25) is 0 Å². The number of benzene rings is 1. The van der Waals surface area contributed by atoms with Crippen molar-refractivity contribution < 1.29 is 42.1 Å². The summed E-state index contributed by atoms with van der Waals surface area (Å²) in [5.41, 5.74) is -0.235. The predicted octanol–water partition coefficient (Wildman–Crippen LogP) is 5.06. The van der Waals surface area contributed by atoms with Crippen LogP contribution >= 0.6 is 0 Å². The average molecular weight is 594 g/mol. The number of hydrogen-bond acceptors (Lipinski definition) is 6. The summed E-state index contributed by atoms with van der Waals surface area (Å²) in [4.78, 5) is 41.1. The molecule has 4 rings (SSSR count). The number of carboxylic acid groups (broad SMARTS) is 1. The van der Waals surface area contributed by atoms with Gasteiger partial charge in [-0.25, -0.2) is 9.59 Å². The number of alkyl halides is 3. The van der Waals surface area contributed by atoms with Crippen molar-refractivity contribution in [1.82, 2.24) is 4.90 Å². The highest BCUT2D eigenvalue weighted by Crippen LogP contribution is 2.38. The van der Waals surface area contributed by atoms with Gasteiger partial charge in [0, 0.05) is 5.70 Å². The van der Waals surface area contributed by atoms with Crippen LogP contribution in [0.15, 0.2) is 77.5 Å². The molecule has 0 fully saturated rings. The highest BCUT2D eigenvalue weighted by atomic mass is 19.4. The van der Waals surface area contributed by atoms with Crippen LogP contribution in [0.4, 0.5) is 23.7 Å². The zero-order valence-corrected chi connectivity index (χ0v) is 22.9. The van der Waals surface area contributed by atoms with Gasteiger partial charge in [-0.05, 0) is 60.9 Å². The minimum absolute atomic E-state index is 0.00288. The maximum Gasteiger partial charge on any atom is 0.416 e. The van der Waals surface area contributed by atoms with Crippen molar-refractivity contribution in [2.75, 3.05) is 24.7 Å². The minimum Gasteiger partial charge on any atom is -0.480 e. The number of amides is 2. The second-order valence-corrected chi connectivity index (χ2v) is 9.65. The second kappa shape index (κ2) is 13.3. The molecule has 2 aromatic carbocycles. The number of urea groups is 1. The lowest BCUT2D eigenvalue weighted by atomic mass is 9.87. The highest BCUT2D eigenvalue weighted by Gasteiger charge is 2.45. The molecule has 0 radical (unpaired) electrons. The van der Waals surface area contributed by atoms with Crippen molar-refractivity contribution in [2.45, 2.75) is 32.2 Å². The molecule has 222 valence electrons. The standard InChI is InChI=1S/C31H26F3N3O6/c1-20-27(29(40)43-15-14-42-19-22-6-3-2-4-7-22)28(23-12-10-21(17-35)11-13-23)36(18-26(38)39)30(41)37(20)25-9-5-8-24(16-25)31(32,33)34/h3,5-10,12-13,16,21,28H,11,14-15,18-19H2,1H3,(H,38,39). The summed E-state index contributed by atoms with van der Waals surface area (Å²) in [6.07, 6.45) is 0.251. The van der Waals surface area contributed by atoms with Crippen LogP contribution in [-0.4, -0.2) is 53.8 Å². The molecule has 2 aromatic rings. The molecule has 9 nitrogen and oxygen atoms in total. The summed E-state index contributed by atoms with van der Waals surface area (Å²) >= 11 is 0. The molecule has 2 amide bonds. The number of hydrogen-bond donors (Lipinski definition) is 1. The Kier molecular flexibility index (Phi) is 9.53. The zero-order valence-electron chi connectivity index (χ0n) is 22.9. The van der Waals surface area contributed by atoms with E-state index in [0.717, 1.165) is 33.6 Å². The number of esters is 1. The molecule has 0 aromatic heterocycles. The van der Waals surface area contributed by atoms with Crippen LogP contribution < -0.4 is 4.90 Å². The fraction of sp³-hybridized carbons (Fsp3) is 0.290. The first kappa shape index (κ1) is 30.9. The van der Waals surface area contributed by atoms with E-state index in [1.165, 1.54) is 19.1 Å². The molecule has 2 atom stereocenters. The SMILES string of the molecule is CC1=C(C(=O)OCCOCc2cc#ccc2)C(C2=CCC(C#N)C=C2)N(CC(=O)O)C(=O)N1c1cccc(C(F)(F)F)c1. The average Bonchev–Trinajstić information content (AvgIpc) is 2.98. The van der Waals surface area contributed by atoms with Gasteiger partial charge in [-0.1, -0.05) is 36.4 Å². The third-order valence-corrected chi connectivity index (χ3v) is 6.77. The third kappa shape index (κ3) is 7.23. The number of ether oxygens (including phenoxy) is 2. The van der Waals surface area contributed by atoms with Crippen LogP contribution in [0.3, 0.4) is 0 Å². The van der Waals surface area contributed by atoms with E-state index in [1.807, 2.05) is 0 Å². The van der Waals surface area contributed by atoms with E-state index in [2.05, 4.69) is 18.2 Å². The lowest BCUT2D eigenvalue weighted by molar-refractivity contribution is -0.142. The van der Waals surface area contributed by atoms with Crippen molar-refractivity contribution in [3.63, 3.8) is 0 Å². The quantitative estimate of drug-likeness (QED) is 0.302. The Balaban J connectivity index is 1.71. The van der Waals surface area contributed by atoms with Gasteiger partial charge in [0.1, 0.15) is 13.2 Å². The number of aliphatic carboxylic acids is 1. The highest BCUT2D eigenvalue weighted by molar-refractivity contribution is 6.04. The maximum absolute atomic E-state index is 13.8. The molecule has 12 heteroatoms. The minimum atomic E-state index is -4.72. The summed E-state index contributed by atoms with van der Waals surface area (Å²) in [7, 11) is 0. The monoisotopic (exact) mass is 593 g/mol. The lowest BCUT2D eigenvalue weighted by Crippen LogP contribution is -2.56. The molecular weight excluding hydrogens is 567 g/mol. The number of halogens is 3. The van der Waals surface area contributed by atoms with Gasteiger partial charge in [0.25, 0.3) is 0 Å². The van der Waals surface area contributed by atoms with Gasteiger partial charge in [0.05, 0.1) is 48.1 Å². The Morgan fingerprint density at radius 2 is 2.00 bits per heavy atom. The molecule has 0 bridgehead atoms. The van der Waals surface area contributed by atoms with E-state index in [0.29, 0.717) is 5.57 Å². The van der Waals surface area contributed by atoms with E-state index in [1.54, 1.807) is 30.4 Å². The van der Waals surface area contributed by atoms with Crippen LogP contribution in [0.1, 0.15) is 24.5 Å². The molecule has 1 aliphatic heterocycles. The van der Waals surface area contributed by atoms with E-state index in [4.69, 9.17) is 9.47 Å². The number of allylic oxidation sites excluding steroid dienone is 3. The van der Waals surface area contributed by atoms with Gasteiger partial charge in [-0.2, -0.15) is 18.4 Å². The summed E-state index contributed by atoms with van der Waals surface area (Å²) in [5, 5.41) is 19.0. The van der Waals surface area contributed by atoms with Crippen molar-refractivity contribution in [1.29, 1.82) is 5.26 Å². The molecule has 1 N–H and O–H groups in total.